The fourth-order valence-electron chi connectivity index (χ4n) is 3.25. The Morgan fingerprint density at radius 1 is 1.31 bits per heavy atom. The number of hydrogen-bond acceptors (Lipinski definition) is 7. The molecule has 0 radical (unpaired) electrons. The van der Waals surface area contributed by atoms with Gasteiger partial charge < -0.3 is 10.2 Å². The Balaban J connectivity index is 1.67. The number of sulfone groups is 1. The minimum Gasteiger partial charge on any atom is -0.380 e. The third-order valence-corrected chi connectivity index (χ3v) is 5.59. The summed E-state index contributed by atoms with van der Waals surface area (Å²) in [6.07, 6.45) is 4.66. The number of pyridine rings is 1. The van der Waals surface area contributed by atoms with E-state index in [2.05, 4.69) is 15.2 Å². The predicted molar refractivity (Wildman–Crippen MR) is 101 cm³/mol. The SMILES string of the molecule is CS(=O)(=O)CCN1CCC(Nc2ccc([N+](=O)[O-])c3cccnc23)CC1. The maximum Gasteiger partial charge on any atom is 0.278 e. The third kappa shape index (κ3) is 4.47. The highest BCUT2D eigenvalue weighted by Gasteiger charge is 2.22. The molecular weight excluding hydrogens is 356 g/mol. The van der Waals surface area contributed by atoms with Crippen LogP contribution in [0.1, 0.15) is 12.8 Å². The van der Waals surface area contributed by atoms with Crippen molar-refractivity contribution in [2.24, 2.45) is 0 Å². The number of aromatic nitrogens is 1. The Labute approximate surface area is 152 Å². The van der Waals surface area contributed by atoms with E-state index in [0.29, 0.717) is 17.4 Å². The van der Waals surface area contributed by atoms with Crippen LogP contribution in [0.3, 0.4) is 0 Å². The second-order valence-corrected chi connectivity index (χ2v) is 8.94. The number of non-ortho nitro benzene ring substituents is 1. The van der Waals surface area contributed by atoms with Gasteiger partial charge in [-0.25, -0.2) is 8.42 Å². The Morgan fingerprint density at radius 3 is 2.69 bits per heavy atom. The van der Waals surface area contributed by atoms with Gasteiger partial charge in [0.05, 0.1) is 21.7 Å². The maximum atomic E-state index is 11.3. The molecule has 2 aromatic rings. The number of benzene rings is 1. The van der Waals surface area contributed by atoms with Crippen molar-refractivity contribution in [1.29, 1.82) is 0 Å². The van der Waals surface area contributed by atoms with E-state index in [-0.39, 0.29) is 17.5 Å². The van der Waals surface area contributed by atoms with Crippen molar-refractivity contribution in [3.8, 4) is 0 Å². The number of fused-ring (bicyclic) bond motifs is 1. The van der Waals surface area contributed by atoms with E-state index < -0.39 is 14.8 Å². The van der Waals surface area contributed by atoms with E-state index in [1.165, 1.54) is 12.3 Å². The van der Waals surface area contributed by atoms with Gasteiger partial charge in [-0.05, 0) is 31.0 Å². The minimum atomic E-state index is -2.94. The number of nitrogens with one attached hydrogen (secondary N) is 1. The van der Waals surface area contributed by atoms with Gasteiger partial charge in [-0.15, -0.1) is 0 Å². The van der Waals surface area contributed by atoms with Crippen LogP contribution in [0.2, 0.25) is 0 Å². The van der Waals surface area contributed by atoms with Crippen molar-refractivity contribution in [3.05, 3.63) is 40.6 Å². The molecule has 0 bridgehead atoms. The molecule has 26 heavy (non-hydrogen) atoms. The molecule has 0 spiro atoms. The molecule has 1 fully saturated rings. The molecule has 1 saturated heterocycles. The van der Waals surface area contributed by atoms with Gasteiger partial charge in [-0.3, -0.25) is 15.1 Å². The molecule has 1 aromatic carbocycles. The van der Waals surface area contributed by atoms with Crippen LogP contribution in [-0.2, 0) is 9.84 Å². The average molecular weight is 378 g/mol. The lowest BCUT2D eigenvalue weighted by molar-refractivity contribution is -0.383. The molecule has 0 saturated carbocycles. The first-order valence-electron chi connectivity index (χ1n) is 8.52. The molecule has 0 amide bonds. The number of nitro groups is 1. The number of nitrogens with zero attached hydrogens (tertiary/aromatic N) is 3. The van der Waals surface area contributed by atoms with Crippen molar-refractivity contribution in [3.63, 3.8) is 0 Å². The van der Waals surface area contributed by atoms with Gasteiger partial charge in [0, 0.05) is 44.2 Å². The molecular formula is C17H22N4O4S. The lowest BCUT2D eigenvalue weighted by Gasteiger charge is -2.32. The molecule has 1 N–H and O–H groups in total. The predicted octanol–water partition coefficient (Wildman–Crippen LogP) is 2.06. The quantitative estimate of drug-likeness (QED) is 0.606. The van der Waals surface area contributed by atoms with Crippen LogP contribution in [0.4, 0.5) is 11.4 Å². The zero-order valence-corrected chi connectivity index (χ0v) is 15.4. The monoisotopic (exact) mass is 378 g/mol. The molecule has 1 aromatic heterocycles. The molecule has 2 heterocycles. The van der Waals surface area contributed by atoms with Gasteiger partial charge in [0.15, 0.2) is 0 Å². The lowest BCUT2D eigenvalue weighted by Crippen LogP contribution is -2.41. The molecule has 140 valence electrons. The zero-order valence-electron chi connectivity index (χ0n) is 14.6. The molecule has 9 heteroatoms. The van der Waals surface area contributed by atoms with Crippen LogP contribution >= 0.6 is 0 Å². The number of piperidine rings is 1. The molecule has 3 rings (SSSR count). The van der Waals surface area contributed by atoms with Crippen molar-refractivity contribution in [2.75, 3.05) is 37.0 Å². The van der Waals surface area contributed by atoms with Gasteiger partial charge in [0.2, 0.25) is 0 Å². The summed E-state index contributed by atoms with van der Waals surface area (Å²) in [4.78, 5) is 17.3. The molecule has 1 aliphatic rings. The summed E-state index contributed by atoms with van der Waals surface area (Å²) in [7, 11) is -2.94. The van der Waals surface area contributed by atoms with Crippen molar-refractivity contribution in [2.45, 2.75) is 18.9 Å². The van der Waals surface area contributed by atoms with E-state index in [1.54, 1.807) is 24.4 Å². The van der Waals surface area contributed by atoms with Crippen LogP contribution in [0.15, 0.2) is 30.5 Å². The normalized spacial score (nSPS) is 16.7. The second kappa shape index (κ2) is 7.55. The topological polar surface area (TPSA) is 105 Å². The zero-order chi connectivity index (χ0) is 18.7. The highest BCUT2D eigenvalue weighted by Crippen LogP contribution is 2.30. The van der Waals surface area contributed by atoms with Crippen molar-refractivity contribution < 1.29 is 13.3 Å². The van der Waals surface area contributed by atoms with E-state index in [0.717, 1.165) is 31.6 Å². The lowest BCUT2D eigenvalue weighted by atomic mass is 10.0. The van der Waals surface area contributed by atoms with E-state index >= 15 is 0 Å². The number of hydrogen-bond donors (Lipinski definition) is 1. The summed E-state index contributed by atoms with van der Waals surface area (Å²) in [5.41, 5.74) is 1.44. The van der Waals surface area contributed by atoms with Crippen LogP contribution in [0.25, 0.3) is 10.9 Å². The largest absolute Gasteiger partial charge is 0.380 e. The number of anilines is 1. The van der Waals surface area contributed by atoms with Crippen LogP contribution in [0.5, 0.6) is 0 Å². The third-order valence-electron chi connectivity index (χ3n) is 4.67. The average Bonchev–Trinajstić information content (AvgIpc) is 2.60. The Kier molecular flexibility index (Phi) is 5.38. The second-order valence-electron chi connectivity index (χ2n) is 6.68. The van der Waals surface area contributed by atoms with Gasteiger partial charge >= 0.3 is 0 Å². The maximum absolute atomic E-state index is 11.3. The Bertz CT molecular complexity index is 908. The summed E-state index contributed by atoms with van der Waals surface area (Å²) in [5.74, 6) is 0.183. The first kappa shape index (κ1) is 18.5. The van der Waals surface area contributed by atoms with Gasteiger partial charge in [0.1, 0.15) is 15.4 Å². The van der Waals surface area contributed by atoms with E-state index in [1.807, 2.05) is 0 Å². The highest BCUT2D eigenvalue weighted by atomic mass is 32.2. The van der Waals surface area contributed by atoms with Crippen molar-refractivity contribution >= 4 is 32.1 Å². The summed E-state index contributed by atoms with van der Waals surface area (Å²) in [6, 6.07) is 6.85. The molecule has 0 unspecified atom stereocenters. The van der Waals surface area contributed by atoms with Crippen LogP contribution in [-0.4, -0.2) is 60.9 Å². The molecule has 8 nitrogen and oxygen atoms in total. The van der Waals surface area contributed by atoms with Gasteiger partial charge in [0.25, 0.3) is 5.69 Å². The summed E-state index contributed by atoms with van der Waals surface area (Å²) < 4.78 is 22.6. The van der Waals surface area contributed by atoms with E-state index in [4.69, 9.17) is 0 Å². The minimum absolute atomic E-state index is 0.0502. The summed E-state index contributed by atoms with van der Waals surface area (Å²) in [5, 5.41) is 15.2. The smallest absolute Gasteiger partial charge is 0.278 e. The summed E-state index contributed by atoms with van der Waals surface area (Å²) in [6.45, 7) is 2.21. The molecule has 1 aliphatic heterocycles. The van der Waals surface area contributed by atoms with Crippen molar-refractivity contribution in [1.82, 2.24) is 9.88 Å². The standard InChI is InChI=1S/C17H22N4O4S/c1-26(24,25)12-11-20-9-6-13(7-10-20)19-15-4-5-16(21(22)23)14-3-2-8-18-17(14)15/h2-5,8,13,19H,6-7,9-12H2,1H3. The number of rotatable bonds is 6. The van der Waals surface area contributed by atoms with Crippen LogP contribution in [0, 0.1) is 10.1 Å². The number of nitro benzene ring substituents is 1. The van der Waals surface area contributed by atoms with Gasteiger partial charge in [-0.1, -0.05) is 0 Å². The fourth-order valence-corrected chi connectivity index (χ4v) is 3.84. The molecule has 0 aliphatic carbocycles. The fraction of sp³-hybridized carbons (Fsp3) is 0.471. The summed E-state index contributed by atoms with van der Waals surface area (Å²) >= 11 is 0. The Morgan fingerprint density at radius 2 is 2.04 bits per heavy atom. The Hall–Kier alpha value is -2.26. The molecule has 0 atom stereocenters. The first-order valence-corrected chi connectivity index (χ1v) is 10.6. The van der Waals surface area contributed by atoms with E-state index in [9.17, 15) is 18.5 Å². The number of likely N-dealkylation sites (tertiary alicyclic amines) is 1. The first-order chi connectivity index (χ1) is 12.3. The van der Waals surface area contributed by atoms with Gasteiger partial charge in [-0.2, -0.15) is 0 Å². The van der Waals surface area contributed by atoms with Crippen LogP contribution < -0.4 is 5.32 Å². The highest BCUT2D eigenvalue weighted by molar-refractivity contribution is 7.90.